The molecule has 3 rings (SSSR count). The molecule has 1 aliphatic heterocycles. The molecule has 0 atom stereocenters. The van der Waals surface area contributed by atoms with Crippen molar-refractivity contribution in [2.45, 2.75) is 26.8 Å². The number of benzene rings is 1. The third-order valence-electron chi connectivity index (χ3n) is 4.88. The number of aromatic nitrogens is 1. The summed E-state index contributed by atoms with van der Waals surface area (Å²) < 4.78 is 14.2. The zero-order chi connectivity index (χ0) is 20.8. The molecule has 1 fully saturated rings. The number of nitrogens with one attached hydrogen (secondary N) is 2. The SMILES string of the molecule is CCC(=O)N1CCN(Cc2ccc(F)c(NC(=O)Nc3ccc(C)nc3)c2)CC1. The Morgan fingerprint density at radius 3 is 2.52 bits per heavy atom. The molecule has 1 aromatic heterocycles. The van der Waals surface area contributed by atoms with Crippen LogP contribution in [0.3, 0.4) is 0 Å². The van der Waals surface area contributed by atoms with Crippen molar-refractivity contribution in [1.82, 2.24) is 14.8 Å². The summed E-state index contributed by atoms with van der Waals surface area (Å²) in [5, 5.41) is 5.20. The van der Waals surface area contributed by atoms with Crippen LogP contribution in [0.15, 0.2) is 36.5 Å². The third-order valence-corrected chi connectivity index (χ3v) is 4.88. The highest BCUT2D eigenvalue weighted by Crippen LogP contribution is 2.19. The molecule has 0 spiro atoms. The van der Waals surface area contributed by atoms with Crippen molar-refractivity contribution in [3.8, 4) is 0 Å². The number of carbonyl (C=O) groups is 2. The van der Waals surface area contributed by atoms with Crippen LogP contribution < -0.4 is 10.6 Å². The molecule has 1 aromatic carbocycles. The molecule has 1 saturated heterocycles. The van der Waals surface area contributed by atoms with Crippen molar-refractivity contribution >= 4 is 23.3 Å². The lowest BCUT2D eigenvalue weighted by Crippen LogP contribution is -2.48. The molecule has 29 heavy (non-hydrogen) atoms. The highest BCUT2D eigenvalue weighted by molar-refractivity contribution is 5.99. The van der Waals surface area contributed by atoms with Crippen molar-refractivity contribution in [2.24, 2.45) is 0 Å². The Kier molecular flexibility index (Phi) is 6.77. The Hall–Kier alpha value is -3.00. The van der Waals surface area contributed by atoms with E-state index in [2.05, 4.69) is 20.5 Å². The predicted octanol–water partition coefficient (Wildman–Crippen LogP) is 3.23. The van der Waals surface area contributed by atoms with Crippen LogP contribution in [0.5, 0.6) is 0 Å². The van der Waals surface area contributed by atoms with Crippen LogP contribution in [0.2, 0.25) is 0 Å². The Bertz CT molecular complexity index is 864. The van der Waals surface area contributed by atoms with Gasteiger partial charge in [-0.05, 0) is 36.8 Å². The first kappa shape index (κ1) is 20.7. The lowest BCUT2D eigenvalue weighted by molar-refractivity contribution is -0.132. The van der Waals surface area contributed by atoms with Crippen LogP contribution >= 0.6 is 0 Å². The van der Waals surface area contributed by atoms with Gasteiger partial charge in [0, 0.05) is 44.8 Å². The van der Waals surface area contributed by atoms with E-state index in [9.17, 15) is 14.0 Å². The molecule has 0 unspecified atom stereocenters. The van der Waals surface area contributed by atoms with E-state index in [1.807, 2.05) is 18.7 Å². The molecule has 1 aliphatic rings. The monoisotopic (exact) mass is 399 g/mol. The van der Waals surface area contributed by atoms with Crippen LogP contribution in [0, 0.1) is 12.7 Å². The van der Waals surface area contributed by atoms with Crippen LogP contribution in [0.1, 0.15) is 24.6 Å². The molecule has 7 nitrogen and oxygen atoms in total. The zero-order valence-corrected chi connectivity index (χ0v) is 16.7. The normalized spacial score (nSPS) is 14.5. The largest absolute Gasteiger partial charge is 0.340 e. The van der Waals surface area contributed by atoms with E-state index in [1.165, 1.54) is 6.07 Å². The van der Waals surface area contributed by atoms with E-state index in [-0.39, 0.29) is 11.6 Å². The van der Waals surface area contributed by atoms with Gasteiger partial charge in [-0.3, -0.25) is 14.7 Å². The Morgan fingerprint density at radius 1 is 1.10 bits per heavy atom. The van der Waals surface area contributed by atoms with Crippen molar-refractivity contribution in [1.29, 1.82) is 0 Å². The van der Waals surface area contributed by atoms with Gasteiger partial charge in [0.15, 0.2) is 0 Å². The van der Waals surface area contributed by atoms with Gasteiger partial charge in [0.1, 0.15) is 5.82 Å². The number of anilines is 2. The molecule has 0 radical (unpaired) electrons. The number of amides is 3. The van der Waals surface area contributed by atoms with Crippen LogP contribution in [-0.4, -0.2) is 52.9 Å². The first-order valence-electron chi connectivity index (χ1n) is 9.74. The maximum Gasteiger partial charge on any atom is 0.323 e. The third kappa shape index (κ3) is 5.74. The molecule has 8 heteroatoms. The van der Waals surface area contributed by atoms with Gasteiger partial charge in [-0.25, -0.2) is 9.18 Å². The summed E-state index contributed by atoms with van der Waals surface area (Å²) in [6, 6.07) is 7.70. The second kappa shape index (κ2) is 9.47. The summed E-state index contributed by atoms with van der Waals surface area (Å²) in [6.07, 6.45) is 2.07. The molecular formula is C21H26FN5O2. The fourth-order valence-electron chi connectivity index (χ4n) is 3.23. The van der Waals surface area contributed by atoms with Crippen LogP contribution in [0.4, 0.5) is 20.6 Å². The van der Waals surface area contributed by atoms with E-state index >= 15 is 0 Å². The maximum absolute atomic E-state index is 14.2. The standard InChI is InChI=1S/C21H26FN5O2/c1-3-20(28)27-10-8-26(9-11-27)14-16-5-7-18(22)19(12-16)25-21(29)24-17-6-4-15(2)23-13-17/h4-7,12-13H,3,8-11,14H2,1-2H3,(H2,24,25,29). The maximum atomic E-state index is 14.2. The van der Waals surface area contributed by atoms with Crippen molar-refractivity contribution < 1.29 is 14.0 Å². The van der Waals surface area contributed by atoms with Crippen LogP contribution in [-0.2, 0) is 11.3 Å². The summed E-state index contributed by atoms with van der Waals surface area (Å²) in [5.74, 6) is -0.322. The summed E-state index contributed by atoms with van der Waals surface area (Å²) in [6.45, 7) is 7.30. The van der Waals surface area contributed by atoms with Gasteiger partial charge in [-0.2, -0.15) is 0 Å². The second-order valence-electron chi connectivity index (χ2n) is 7.09. The van der Waals surface area contributed by atoms with Gasteiger partial charge >= 0.3 is 6.03 Å². The fraction of sp³-hybridized carbons (Fsp3) is 0.381. The zero-order valence-electron chi connectivity index (χ0n) is 16.7. The molecule has 154 valence electrons. The topological polar surface area (TPSA) is 77.6 Å². The number of nitrogens with zero attached hydrogens (tertiary/aromatic N) is 3. The van der Waals surface area contributed by atoms with Gasteiger partial charge in [0.2, 0.25) is 5.91 Å². The van der Waals surface area contributed by atoms with Gasteiger partial charge in [0.25, 0.3) is 0 Å². The summed E-state index contributed by atoms with van der Waals surface area (Å²) in [4.78, 5) is 32.2. The van der Waals surface area contributed by atoms with Gasteiger partial charge < -0.3 is 15.5 Å². The van der Waals surface area contributed by atoms with Gasteiger partial charge in [-0.15, -0.1) is 0 Å². The van der Waals surface area contributed by atoms with E-state index < -0.39 is 11.8 Å². The van der Waals surface area contributed by atoms with Crippen LogP contribution in [0.25, 0.3) is 0 Å². The number of rotatable bonds is 5. The van der Waals surface area contributed by atoms with Gasteiger partial charge in [-0.1, -0.05) is 13.0 Å². The highest BCUT2D eigenvalue weighted by atomic mass is 19.1. The second-order valence-corrected chi connectivity index (χ2v) is 7.09. The van der Waals surface area contributed by atoms with E-state index in [0.717, 1.165) is 24.3 Å². The van der Waals surface area contributed by atoms with Crippen molar-refractivity contribution in [3.63, 3.8) is 0 Å². The first-order chi connectivity index (χ1) is 13.9. The molecule has 0 bridgehead atoms. The minimum Gasteiger partial charge on any atom is -0.340 e. The average molecular weight is 399 g/mol. The molecular weight excluding hydrogens is 373 g/mol. The van der Waals surface area contributed by atoms with E-state index in [0.29, 0.717) is 31.7 Å². The van der Waals surface area contributed by atoms with E-state index in [1.54, 1.807) is 30.5 Å². The van der Waals surface area contributed by atoms with E-state index in [4.69, 9.17) is 0 Å². The molecule has 2 N–H and O–H groups in total. The van der Waals surface area contributed by atoms with Crippen molar-refractivity contribution in [3.05, 3.63) is 53.6 Å². The minimum absolute atomic E-state index is 0.125. The number of halogens is 1. The minimum atomic E-state index is -0.529. The molecule has 3 amide bonds. The molecule has 2 aromatic rings. The van der Waals surface area contributed by atoms with Crippen molar-refractivity contribution in [2.75, 3.05) is 36.8 Å². The first-order valence-corrected chi connectivity index (χ1v) is 9.74. The smallest absolute Gasteiger partial charge is 0.323 e. The molecule has 0 saturated carbocycles. The summed E-state index contributed by atoms with van der Waals surface area (Å²) in [7, 11) is 0. The molecule has 0 aliphatic carbocycles. The Morgan fingerprint density at radius 2 is 1.86 bits per heavy atom. The quantitative estimate of drug-likeness (QED) is 0.809. The summed E-state index contributed by atoms with van der Waals surface area (Å²) >= 11 is 0. The average Bonchev–Trinajstić information content (AvgIpc) is 2.72. The molecule has 2 heterocycles. The number of urea groups is 1. The lowest BCUT2D eigenvalue weighted by Gasteiger charge is -2.34. The predicted molar refractivity (Wildman–Crippen MR) is 110 cm³/mol. The number of hydrogen-bond donors (Lipinski definition) is 2. The number of pyridine rings is 1. The number of piperazine rings is 1. The number of carbonyl (C=O) groups excluding carboxylic acids is 2. The number of hydrogen-bond acceptors (Lipinski definition) is 4. The Labute approximate surface area is 169 Å². The number of aryl methyl sites for hydroxylation is 1. The fourth-order valence-corrected chi connectivity index (χ4v) is 3.23. The lowest BCUT2D eigenvalue weighted by atomic mass is 10.1. The summed E-state index contributed by atoms with van der Waals surface area (Å²) in [5.41, 5.74) is 2.40. The van der Waals surface area contributed by atoms with Gasteiger partial charge in [0.05, 0.1) is 17.6 Å². The Balaban J connectivity index is 1.57. The highest BCUT2D eigenvalue weighted by Gasteiger charge is 2.20.